The molecule has 0 atom stereocenters. The number of rotatable bonds is 1. The minimum absolute atomic E-state index is 0.653. The smallest absolute Gasteiger partial charge is 0.0918 e. The molecule has 1 aromatic rings. The minimum Gasteiger partial charge on any atom is -0.411 e. The number of halogens is 1. The Hall–Kier alpha value is -1.09. The van der Waals surface area contributed by atoms with Crippen LogP contribution >= 0.6 is 11.6 Å². The van der Waals surface area contributed by atoms with E-state index in [2.05, 4.69) is 21.7 Å². The number of alkyl halides is 1. The minimum atomic E-state index is 0.653. The van der Waals surface area contributed by atoms with Crippen LogP contribution in [0.3, 0.4) is 0 Å². The van der Waals surface area contributed by atoms with E-state index >= 15 is 0 Å². The number of hydrogen-bond donors (Lipinski definition) is 1. The second-order valence-electron chi connectivity index (χ2n) is 1.50. The van der Waals surface area contributed by atoms with E-state index in [4.69, 9.17) is 5.21 Å². The van der Waals surface area contributed by atoms with Gasteiger partial charge in [-0.25, -0.2) is 0 Å². The predicted octanol–water partition coefficient (Wildman–Crippen LogP) is 1.74. The van der Waals surface area contributed by atoms with Crippen LogP contribution in [0.25, 0.3) is 0 Å². The molecule has 0 saturated heterocycles. The van der Waals surface area contributed by atoms with Crippen LogP contribution in [0.5, 0.6) is 0 Å². The first-order valence-corrected chi connectivity index (χ1v) is 3.65. The summed E-state index contributed by atoms with van der Waals surface area (Å²) in [6.45, 7) is 0. The molecule has 4 heteroatoms. The highest BCUT2D eigenvalue weighted by Gasteiger charge is 1.81. The maximum Gasteiger partial charge on any atom is 0.0918 e. The third-order valence-corrected chi connectivity index (χ3v) is 0.878. The van der Waals surface area contributed by atoms with Crippen molar-refractivity contribution in [3.63, 3.8) is 0 Å². The van der Waals surface area contributed by atoms with Crippen molar-refractivity contribution in [2.75, 3.05) is 6.38 Å². The maximum atomic E-state index is 8.05. The Balaban J connectivity index is 0.000000461. The van der Waals surface area contributed by atoms with E-state index in [1.165, 1.54) is 12.6 Å². The molecule has 0 unspecified atom stereocenters. The molecule has 0 aromatic carbocycles. The molecule has 0 amide bonds. The monoisotopic (exact) mass is 172 g/mol. The van der Waals surface area contributed by atoms with Gasteiger partial charge in [-0.05, 0) is 12.1 Å². The van der Waals surface area contributed by atoms with Crippen LogP contribution in [0, 0.1) is 0 Å². The Kier molecular flexibility index (Phi) is 6.33. The van der Waals surface area contributed by atoms with Gasteiger partial charge in [0.2, 0.25) is 0 Å². The molecule has 1 N–H and O–H groups in total. The highest BCUT2D eigenvalue weighted by molar-refractivity contribution is 6.15. The van der Waals surface area contributed by atoms with Gasteiger partial charge >= 0.3 is 0 Å². The van der Waals surface area contributed by atoms with Gasteiger partial charge in [0.1, 0.15) is 0 Å². The molecule has 0 radical (unpaired) electrons. The van der Waals surface area contributed by atoms with Gasteiger partial charge < -0.3 is 5.21 Å². The van der Waals surface area contributed by atoms with Crippen LogP contribution in [0.15, 0.2) is 29.6 Å². The largest absolute Gasteiger partial charge is 0.411 e. The van der Waals surface area contributed by atoms with Crippen LogP contribution in [0.4, 0.5) is 0 Å². The summed E-state index contributed by atoms with van der Waals surface area (Å²) in [6.07, 6.45) is 4.39. The second kappa shape index (κ2) is 7.02. The first-order chi connectivity index (χ1) is 5.43. The maximum absolute atomic E-state index is 8.05. The Morgan fingerprint density at radius 3 is 2.73 bits per heavy atom. The van der Waals surface area contributed by atoms with Crippen LogP contribution < -0.4 is 0 Å². The van der Waals surface area contributed by atoms with Crippen molar-refractivity contribution in [3.8, 4) is 0 Å². The number of nitrogens with zero attached hydrogens (tertiary/aromatic N) is 2. The second-order valence-corrected chi connectivity index (χ2v) is 1.50. The molecule has 0 bridgehead atoms. The van der Waals surface area contributed by atoms with Crippen LogP contribution in [0.1, 0.15) is 5.69 Å². The van der Waals surface area contributed by atoms with E-state index in [0.29, 0.717) is 5.69 Å². The number of pyridine rings is 1. The molecule has 60 valence electrons. The third kappa shape index (κ3) is 4.33. The highest BCUT2D eigenvalue weighted by Crippen LogP contribution is 1.86. The molecule has 1 rings (SSSR count). The zero-order valence-corrected chi connectivity index (χ0v) is 6.86. The molecule has 3 nitrogen and oxygen atoms in total. The van der Waals surface area contributed by atoms with Gasteiger partial charge in [0.25, 0.3) is 0 Å². The van der Waals surface area contributed by atoms with Crippen molar-refractivity contribution >= 4 is 17.8 Å². The summed E-state index contributed by atoms with van der Waals surface area (Å²) in [5.41, 5.74) is 0.653. The van der Waals surface area contributed by atoms with E-state index in [0.717, 1.165) is 0 Å². The van der Waals surface area contributed by atoms with Crippen molar-refractivity contribution in [2.24, 2.45) is 5.16 Å². The van der Waals surface area contributed by atoms with Crippen LogP contribution in [-0.4, -0.2) is 22.8 Å². The lowest BCUT2D eigenvalue weighted by Gasteiger charge is -1.84. The lowest BCUT2D eigenvalue weighted by molar-refractivity contribution is 0.321. The fourth-order valence-corrected chi connectivity index (χ4v) is 0.511. The zero-order chi connectivity index (χ0) is 8.53. The van der Waals surface area contributed by atoms with Crippen LogP contribution in [-0.2, 0) is 0 Å². The van der Waals surface area contributed by atoms with Gasteiger partial charge in [0.05, 0.1) is 11.9 Å². The Morgan fingerprint density at radius 2 is 2.27 bits per heavy atom. The van der Waals surface area contributed by atoms with E-state index in [1.807, 2.05) is 6.07 Å². The molecule has 0 aliphatic heterocycles. The molecule has 1 aromatic heterocycles. The summed E-state index contributed by atoms with van der Waals surface area (Å²) in [5, 5.41) is 10.9. The molecule has 0 fully saturated rings. The van der Waals surface area contributed by atoms with Gasteiger partial charge in [0.15, 0.2) is 0 Å². The molecule has 0 spiro atoms. The number of oxime groups is 1. The third-order valence-electron chi connectivity index (χ3n) is 0.878. The van der Waals surface area contributed by atoms with Crippen molar-refractivity contribution in [2.45, 2.75) is 0 Å². The normalized spacial score (nSPS) is 8.91. The summed E-state index contributed by atoms with van der Waals surface area (Å²) >= 11 is 4.64. The van der Waals surface area contributed by atoms with E-state index in [9.17, 15) is 0 Å². The average molecular weight is 173 g/mol. The molecular formula is C7H9ClN2O. The highest BCUT2D eigenvalue weighted by atomic mass is 35.5. The molecule has 1 heterocycles. The lowest BCUT2D eigenvalue weighted by Crippen LogP contribution is -1.83. The fraction of sp³-hybridized carbons (Fsp3) is 0.143. The summed E-state index contributed by atoms with van der Waals surface area (Å²) in [5.74, 6) is 0. The fourth-order valence-electron chi connectivity index (χ4n) is 0.511. The van der Waals surface area contributed by atoms with Crippen molar-refractivity contribution in [1.82, 2.24) is 4.98 Å². The number of aromatic nitrogens is 1. The van der Waals surface area contributed by atoms with Crippen molar-refractivity contribution in [3.05, 3.63) is 30.1 Å². The van der Waals surface area contributed by atoms with Gasteiger partial charge in [0, 0.05) is 12.6 Å². The summed E-state index contributed by atoms with van der Waals surface area (Å²) in [4.78, 5) is 3.86. The number of hydrogen-bond acceptors (Lipinski definition) is 3. The standard InChI is InChI=1S/C6H6N2O.CH3Cl/c9-8-5-6-3-1-2-4-7-6;1-2/h1-5,9H;1H3. The van der Waals surface area contributed by atoms with Gasteiger partial charge in [-0.1, -0.05) is 11.2 Å². The first kappa shape index (κ1) is 9.91. The topological polar surface area (TPSA) is 45.5 Å². The Morgan fingerprint density at radius 1 is 1.55 bits per heavy atom. The Labute approximate surface area is 70.3 Å². The average Bonchev–Trinajstić information content (AvgIpc) is 2.11. The predicted molar refractivity (Wildman–Crippen MR) is 45.4 cm³/mol. The van der Waals surface area contributed by atoms with Crippen LogP contribution in [0.2, 0.25) is 0 Å². The molecule has 0 aliphatic carbocycles. The molecular weight excluding hydrogens is 164 g/mol. The summed E-state index contributed by atoms with van der Waals surface area (Å²) < 4.78 is 0. The first-order valence-electron chi connectivity index (χ1n) is 2.90. The molecule has 11 heavy (non-hydrogen) atoms. The van der Waals surface area contributed by atoms with Gasteiger partial charge in [-0.2, -0.15) is 0 Å². The van der Waals surface area contributed by atoms with E-state index < -0.39 is 0 Å². The lowest BCUT2D eigenvalue weighted by atomic mass is 10.4. The van der Waals surface area contributed by atoms with Crippen molar-refractivity contribution < 1.29 is 5.21 Å². The summed E-state index contributed by atoms with van der Waals surface area (Å²) in [7, 11) is 0. The SMILES string of the molecule is CCl.ON=Cc1ccccn1. The van der Waals surface area contributed by atoms with E-state index in [-0.39, 0.29) is 0 Å². The zero-order valence-electron chi connectivity index (χ0n) is 6.11. The van der Waals surface area contributed by atoms with E-state index in [1.54, 1.807) is 18.3 Å². The van der Waals surface area contributed by atoms with Crippen molar-refractivity contribution in [1.29, 1.82) is 0 Å². The molecule has 0 aliphatic rings. The summed E-state index contributed by atoms with van der Waals surface area (Å²) in [6, 6.07) is 5.37. The quantitative estimate of drug-likeness (QED) is 0.304. The Bertz CT molecular complexity index is 201. The molecule has 0 saturated carbocycles. The van der Waals surface area contributed by atoms with Gasteiger partial charge in [-0.3, -0.25) is 4.98 Å². The van der Waals surface area contributed by atoms with Gasteiger partial charge in [-0.15, -0.1) is 11.6 Å².